The van der Waals surface area contributed by atoms with E-state index in [1.54, 1.807) is 32.0 Å². The van der Waals surface area contributed by atoms with Crippen LogP contribution in [0.15, 0.2) is 57.8 Å². The lowest BCUT2D eigenvalue weighted by atomic mass is 10.1. The molecule has 0 aliphatic rings. The molecule has 7 heteroatoms. The highest BCUT2D eigenvalue weighted by Gasteiger charge is 2.24. The molecule has 0 aliphatic heterocycles. The Labute approximate surface area is 167 Å². The molecule has 0 radical (unpaired) electrons. The van der Waals surface area contributed by atoms with E-state index < -0.39 is 0 Å². The number of hydrogen-bond acceptors (Lipinski definition) is 5. The van der Waals surface area contributed by atoms with Gasteiger partial charge in [0.25, 0.3) is 5.91 Å². The van der Waals surface area contributed by atoms with Gasteiger partial charge in [-0.2, -0.15) is 0 Å². The average Bonchev–Trinajstić information content (AvgIpc) is 3.06. The summed E-state index contributed by atoms with van der Waals surface area (Å²) in [5.41, 5.74) is 2.03. The van der Waals surface area contributed by atoms with Gasteiger partial charge in [-0.25, -0.2) is 0 Å². The van der Waals surface area contributed by atoms with Crippen molar-refractivity contribution in [1.29, 1.82) is 0 Å². The van der Waals surface area contributed by atoms with Gasteiger partial charge >= 0.3 is 0 Å². The summed E-state index contributed by atoms with van der Waals surface area (Å²) >= 11 is 1.55. The fraction of sp³-hybridized carbons (Fsp3) is 0.238. The number of thioether (sulfide) groups is 1. The van der Waals surface area contributed by atoms with Crippen LogP contribution in [0.4, 0.5) is 5.69 Å². The maximum atomic E-state index is 12.9. The minimum Gasteiger partial charge on any atom is -0.451 e. The van der Waals surface area contributed by atoms with E-state index >= 15 is 0 Å². The minimum absolute atomic E-state index is 0.0922. The molecule has 0 bridgehead atoms. The largest absolute Gasteiger partial charge is 0.451 e. The Morgan fingerprint density at radius 2 is 1.86 bits per heavy atom. The summed E-state index contributed by atoms with van der Waals surface area (Å²) in [6, 6.07) is 14.9. The molecule has 1 heterocycles. The fourth-order valence-electron chi connectivity index (χ4n) is 2.96. The molecule has 0 atom stereocenters. The van der Waals surface area contributed by atoms with Crippen LogP contribution in [-0.2, 0) is 16.1 Å². The first-order chi connectivity index (χ1) is 13.5. The van der Waals surface area contributed by atoms with E-state index in [2.05, 4.69) is 5.32 Å². The summed E-state index contributed by atoms with van der Waals surface area (Å²) < 4.78 is 11.0. The van der Waals surface area contributed by atoms with Crippen molar-refractivity contribution in [3.8, 4) is 0 Å². The Kier molecular flexibility index (Phi) is 6.38. The lowest BCUT2D eigenvalue weighted by Gasteiger charge is -2.17. The van der Waals surface area contributed by atoms with Crippen molar-refractivity contribution in [3.05, 3.63) is 59.9 Å². The predicted octanol–water partition coefficient (Wildman–Crippen LogP) is 4.01. The van der Waals surface area contributed by atoms with Crippen molar-refractivity contribution in [2.45, 2.75) is 11.5 Å². The molecule has 0 spiro atoms. The maximum absolute atomic E-state index is 12.9. The van der Waals surface area contributed by atoms with Gasteiger partial charge in [-0.15, -0.1) is 11.8 Å². The van der Waals surface area contributed by atoms with Crippen LogP contribution in [0.25, 0.3) is 11.0 Å². The van der Waals surface area contributed by atoms with Crippen molar-refractivity contribution in [2.24, 2.45) is 0 Å². The molecule has 3 aromatic rings. The van der Waals surface area contributed by atoms with E-state index in [4.69, 9.17) is 9.15 Å². The normalized spacial score (nSPS) is 10.8. The first-order valence-corrected chi connectivity index (χ1v) is 9.95. The number of fused-ring (bicyclic) bond motifs is 1. The molecule has 0 saturated heterocycles. The van der Waals surface area contributed by atoms with Gasteiger partial charge in [0.15, 0.2) is 5.76 Å². The SMILES string of the molecule is COCc1c(C(=O)N(C)CC(=O)Nc2ccccc2SC)oc2ccccc12. The zero-order valence-electron chi connectivity index (χ0n) is 16.0. The molecule has 1 aromatic heterocycles. The molecule has 3 rings (SSSR count). The molecular weight excluding hydrogens is 376 g/mol. The number of likely N-dealkylation sites (N-methyl/N-ethyl adjacent to an activating group) is 1. The molecule has 6 nitrogen and oxygen atoms in total. The smallest absolute Gasteiger partial charge is 0.290 e. The summed E-state index contributed by atoms with van der Waals surface area (Å²) in [4.78, 5) is 27.7. The lowest BCUT2D eigenvalue weighted by molar-refractivity contribution is -0.116. The zero-order chi connectivity index (χ0) is 20.1. The quantitative estimate of drug-likeness (QED) is 0.609. The van der Waals surface area contributed by atoms with E-state index in [9.17, 15) is 9.59 Å². The third kappa shape index (κ3) is 4.21. The van der Waals surface area contributed by atoms with Crippen LogP contribution in [0.2, 0.25) is 0 Å². The van der Waals surface area contributed by atoms with Gasteiger partial charge in [-0.3, -0.25) is 9.59 Å². The van der Waals surface area contributed by atoms with Crippen LogP contribution in [0.1, 0.15) is 16.1 Å². The van der Waals surface area contributed by atoms with E-state index in [0.29, 0.717) is 11.1 Å². The molecule has 1 N–H and O–H groups in total. The number of nitrogens with one attached hydrogen (secondary N) is 1. The molecule has 2 aromatic carbocycles. The number of rotatable bonds is 7. The van der Waals surface area contributed by atoms with Crippen LogP contribution in [0.3, 0.4) is 0 Å². The Morgan fingerprint density at radius 3 is 2.61 bits per heavy atom. The highest BCUT2D eigenvalue weighted by molar-refractivity contribution is 7.98. The lowest BCUT2D eigenvalue weighted by Crippen LogP contribution is -2.35. The van der Waals surface area contributed by atoms with Gasteiger partial charge < -0.3 is 19.4 Å². The highest BCUT2D eigenvalue weighted by Crippen LogP contribution is 2.28. The van der Waals surface area contributed by atoms with Crippen LogP contribution in [0, 0.1) is 0 Å². The number of carbonyl (C=O) groups is 2. The molecular formula is C21H22N2O4S. The van der Waals surface area contributed by atoms with Gasteiger partial charge in [0.1, 0.15) is 5.58 Å². The van der Waals surface area contributed by atoms with Crippen LogP contribution in [0.5, 0.6) is 0 Å². The summed E-state index contributed by atoms with van der Waals surface area (Å²) in [6.45, 7) is 0.157. The van der Waals surface area contributed by atoms with Crippen LogP contribution in [-0.4, -0.2) is 43.7 Å². The zero-order valence-corrected chi connectivity index (χ0v) is 16.8. The number of para-hydroxylation sites is 2. The Morgan fingerprint density at radius 1 is 1.14 bits per heavy atom. The first-order valence-electron chi connectivity index (χ1n) is 8.72. The molecule has 28 heavy (non-hydrogen) atoms. The van der Waals surface area contributed by atoms with Gasteiger partial charge in [0.05, 0.1) is 18.8 Å². The monoisotopic (exact) mass is 398 g/mol. The fourth-order valence-corrected chi connectivity index (χ4v) is 3.51. The highest BCUT2D eigenvalue weighted by atomic mass is 32.2. The number of anilines is 1. The van der Waals surface area contributed by atoms with Gasteiger partial charge in [-0.05, 0) is 24.5 Å². The van der Waals surface area contributed by atoms with Crippen molar-refractivity contribution in [1.82, 2.24) is 4.90 Å². The molecule has 2 amide bonds. The Balaban J connectivity index is 1.76. The number of carbonyl (C=O) groups excluding carboxylic acids is 2. The summed E-state index contributed by atoms with van der Waals surface area (Å²) in [5.74, 6) is -0.443. The van der Waals surface area contributed by atoms with E-state index in [0.717, 1.165) is 16.0 Å². The number of hydrogen-bond donors (Lipinski definition) is 1. The van der Waals surface area contributed by atoms with Crippen molar-refractivity contribution in [2.75, 3.05) is 32.3 Å². The van der Waals surface area contributed by atoms with Gasteiger partial charge in [0, 0.05) is 30.0 Å². The number of ether oxygens (including phenoxy) is 1. The van der Waals surface area contributed by atoms with Crippen molar-refractivity contribution >= 4 is 40.2 Å². The van der Waals surface area contributed by atoms with Gasteiger partial charge in [-0.1, -0.05) is 30.3 Å². The third-order valence-corrected chi connectivity index (χ3v) is 5.09. The molecule has 0 fully saturated rings. The number of amides is 2. The van der Waals surface area contributed by atoms with Crippen LogP contribution < -0.4 is 5.32 Å². The molecule has 146 valence electrons. The van der Waals surface area contributed by atoms with Crippen molar-refractivity contribution < 1.29 is 18.7 Å². The second-order valence-electron chi connectivity index (χ2n) is 6.25. The number of methoxy groups -OCH3 is 1. The second kappa shape index (κ2) is 8.95. The second-order valence-corrected chi connectivity index (χ2v) is 7.10. The maximum Gasteiger partial charge on any atom is 0.290 e. The average molecular weight is 398 g/mol. The third-order valence-electron chi connectivity index (χ3n) is 4.29. The minimum atomic E-state index is -0.364. The summed E-state index contributed by atoms with van der Waals surface area (Å²) in [5, 5.41) is 3.69. The Bertz CT molecular complexity index is 999. The van der Waals surface area contributed by atoms with Crippen molar-refractivity contribution in [3.63, 3.8) is 0 Å². The molecule has 0 saturated carbocycles. The number of furan rings is 1. The number of nitrogens with zero attached hydrogens (tertiary/aromatic N) is 1. The predicted molar refractivity (Wildman–Crippen MR) is 111 cm³/mol. The topological polar surface area (TPSA) is 71.8 Å². The number of benzene rings is 2. The standard InChI is InChI=1S/C21H22N2O4S/c1-23(12-19(24)22-16-9-5-7-11-18(16)28-3)21(25)20-15(13-26-2)14-8-4-6-10-17(14)27-20/h4-11H,12-13H2,1-3H3,(H,22,24). The van der Waals surface area contributed by atoms with E-state index in [-0.39, 0.29) is 30.7 Å². The molecule has 0 aliphatic carbocycles. The molecule has 0 unspecified atom stereocenters. The van der Waals surface area contributed by atoms with Gasteiger partial charge in [0.2, 0.25) is 5.91 Å². The van der Waals surface area contributed by atoms with E-state index in [1.165, 1.54) is 4.90 Å². The van der Waals surface area contributed by atoms with Crippen LogP contribution >= 0.6 is 11.8 Å². The Hall–Kier alpha value is -2.77. The van der Waals surface area contributed by atoms with E-state index in [1.807, 2.05) is 48.7 Å². The summed E-state index contributed by atoms with van der Waals surface area (Å²) in [6.07, 6.45) is 1.94. The summed E-state index contributed by atoms with van der Waals surface area (Å²) in [7, 11) is 3.14. The first kappa shape index (κ1) is 20.0.